The zero-order chi connectivity index (χ0) is 12.1. The molecule has 2 saturated carbocycles. The van der Waals surface area contributed by atoms with E-state index in [9.17, 15) is 0 Å². The third-order valence-corrected chi connectivity index (χ3v) is 4.08. The van der Waals surface area contributed by atoms with Gasteiger partial charge in [0.2, 0.25) is 0 Å². The van der Waals surface area contributed by atoms with Crippen LogP contribution in [0.1, 0.15) is 52.4 Å². The molecular weight excluding hydrogens is 210 g/mol. The van der Waals surface area contributed by atoms with Gasteiger partial charge in [-0.15, -0.1) is 0 Å². The minimum atomic E-state index is 0.697. The Hall–Kier alpha value is -0.730. The van der Waals surface area contributed by atoms with Gasteiger partial charge in [-0.25, -0.2) is 0 Å². The van der Waals surface area contributed by atoms with Gasteiger partial charge in [0.1, 0.15) is 0 Å². The molecule has 0 aromatic rings. The quantitative estimate of drug-likeness (QED) is 0.582. The SMILES string of the molecule is CCN=C(NCC)NC1CC1C1CCCCC1. The van der Waals surface area contributed by atoms with Gasteiger partial charge in [0.25, 0.3) is 0 Å². The van der Waals surface area contributed by atoms with Crippen LogP contribution >= 0.6 is 0 Å². The van der Waals surface area contributed by atoms with Gasteiger partial charge in [-0.3, -0.25) is 4.99 Å². The molecule has 2 atom stereocenters. The van der Waals surface area contributed by atoms with Crippen LogP contribution in [0.2, 0.25) is 0 Å². The Bertz CT molecular complexity index is 256. The lowest BCUT2D eigenvalue weighted by atomic mass is 9.85. The second-order valence-corrected chi connectivity index (χ2v) is 5.40. The Kier molecular flexibility index (Phi) is 4.69. The molecule has 0 heterocycles. The number of hydrogen-bond donors (Lipinski definition) is 2. The van der Waals surface area contributed by atoms with Crippen molar-refractivity contribution in [2.24, 2.45) is 16.8 Å². The molecule has 3 nitrogen and oxygen atoms in total. The summed E-state index contributed by atoms with van der Waals surface area (Å²) in [4.78, 5) is 4.47. The average Bonchev–Trinajstić information content (AvgIpc) is 3.10. The summed E-state index contributed by atoms with van der Waals surface area (Å²) in [5.74, 6) is 2.93. The summed E-state index contributed by atoms with van der Waals surface area (Å²) in [6.07, 6.45) is 8.66. The van der Waals surface area contributed by atoms with Crippen molar-refractivity contribution in [1.29, 1.82) is 0 Å². The van der Waals surface area contributed by atoms with E-state index in [2.05, 4.69) is 29.5 Å². The molecule has 2 rings (SSSR count). The Balaban J connectivity index is 1.75. The summed E-state index contributed by atoms with van der Waals surface area (Å²) in [7, 11) is 0. The third kappa shape index (κ3) is 3.62. The molecule has 0 amide bonds. The van der Waals surface area contributed by atoms with Gasteiger partial charge in [-0.2, -0.15) is 0 Å². The first-order chi connectivity index (χ1) is 8.35. The van der Waals surface area contributed by atoms with Crippen LogP contribution in [0.3, 0.4) is 0 Å². The van der Waals surface area contributed by atoms with Gasteiger partial charge in [-0.1, -0.05) is 32.1 Å². The predicted octanol–water partition coefficient (Wildman–Crippen LogP) is 2.53. The first kappa shape index (κ1) is 12.7. The normalized spacial score (nSPS) is 30.1. The highest BCUT2D eigenvalue weighted by molar-refractivity contribution is 5.80. The fraction of sp³-hybridized carbons (Fsp3) is 0.929. The van der Waals surface area contributed by atoms with Gasteiger partial charge < -0.3 is 10.6 Å². The fourth-order valence-electron chi connectivity index (χ4n) is 3.12. The smallest absolute Gasteiger partial charge is 0.191 e. The summed E-state index contributed by atoms with van der Waals surface area (Å²) in [6, 6.07) is 0.697. The standard InChI is InChI=1S/C14H27N3/c1-3-15-14(16-4-2)17-13-10-12(13)11-8-6-5-7-9-11/h11-13H,3-10H2,1-2H3,(H2,15,16,17). The van der Waals surface area contributed by atoms with E-state index >= 15 is 0 Å². The first-order valence-corrected chi connectivity index (χ1v) is 7.40. The van der Waals surface area contributed by atoms with Crippen molar-refractivity contribution >= 4 is 5.96 Å². The molecule has 0 aromatic heterocycles. The summed E-state index contributed by atoms with van der Waals surface area (Å²) in [5.41, 5.74) is 0. The van der Waals surface area contributed by atoms with E-state index in [0.29, 0.717) is 6.04 Å². The van der Waals surface area contributed by atoms with Gasteiger partial charge in [-0.05, 0) is 32.1 Å². The molecule has 0 aliphatic heterocycles. The van der Waals surface area contributed by atoms with Crippen molar-refractivity contribution in [3.63, 3.8) is 0 Å². The number of nitrogens with zero attached hydrogens (tertiary/aromatic N) is 1. The molecule has 2 aliphatic carbocycles. The molecule has 0 spiro atoms. The molecule has 2 unspecified atom stereocenters. The van der Waals surface area contributed by atoms with Gasteiger partial charge >= 0.3 is 0 Å². The Morgan fingerprint density at radius 3 is 2.59 bits per heavy atom. The van der Waals surface area contributed by atoms with Crippen LogP contribution in [-0.2, 0) is 0 Å². The van der Waals surface area contributed by atoms with Crippen LogP contribution in [-0.4, -0.2) is 25.1 Å². The van der Waals surface area contributed by atoms with Crippen LogP contribution < -0.4 is 10.6 Å². The van der Waals surface area contributed by atoms with E-state index in [1.807, 2.05) is 0 Å². The Labute approximate surface area is 105 Å². The summed E-state index contributed by atoms with van der Waals surface area (Å²) < 4.78 is 0. The zero-order valence-electron chi connectivity index (χ0n) is 11.3. The second kappa shape index (κ2) is 6.27. The monoisotopic (exact) mass is 237 g/mol. The van der Waals surface area contributed by atoms with Crippen molar-refractivity contribution in [2.75, 3.05) is 13.1 Å². The lowest BCUT2D eigenvalue weighted by Gasteiger charge is -2.22. The number of aliphatic imine (C=N–C) groups is 1. The minimum absolute atomic E-state index is 0.697. The van der Waals surface area contributed by atoms with E-state index in [1.54, 1.807) is 0 Å². The molecule has 0 bridgehead atoms. The summed E-state index contributed by atoms with van der Waals surface area (Å²) in [5, 5.41) is 6.90. The zero-order valence-corrected chi connectivity index (χ0v) is 11.3. The summed E-state index contributed by atoms with van der Waals surface area (Å²) >= 11 is 0. The number of rotatable bonds is 4. The van der Waals surface area contributed by atoms with Crippen molar-refractivity contribution in [3.8, 4) is 0 Å². The van der Waals surface area contributed by atoms with Crippen LogP contribution in [0, 0.1) is 11.8 Å². The van der Waals surface area contributed by atoms with Crippen LogP contribution in [0.5, 0.6) is 0 Å². The van der Waals surface area contributed by atoms with Crippen molar-refractivity contribution < 1.29 is 0 Å². The van der Waals surface area contributed by atoms with E-state index in [4.69, 9.17) is 0 Å². The largest absolute Gasteiger partial charge is 0.357 e. The highest BCUT2D eigenvalue weighted by Gasteiger charge is 2.43. The van der Waals surface area contributed by atoms with E-state index in [-0.39, 0.29) is 0 Å². The molecule has 2 fully saturated rings. The number of nitrogens with one attached hydrogen (secondary N) is 2. The molecule has 0 saturated heterocycles. The molecule has 98 valence electrons. The number of hydrogen-bond acceptors (Lipinski definition) is 1. The van der Waals surface area contributed by atoms with E-state index < -0.39 is 0 Å². The molecule has 0 aromatic carbocycles. The minimum Gasteiger partial charge on any atom is -0.357 e. The lowest BCUT2D eigenvalue weighted by molar-refractivity contribution is 0.315. The van der Waals surface area contributed by atoms with Crippen molar-refractivity contribution in [1.82, 2.24) is 10.6 Å². The van der Waals surface area contributed by atoms with Gasteiger partial charge in [0, 0.05) is 19.1 Å². The van der Waals surface area contributed by atoms with Gasteiger partial charge in [0.05, 0.1) is 0 Å². The molecule has 3 heteroatoms. The molecule has 2 N–H and O–H groups in total. The molecule has 17 heavy (non-hydrogen) atoms. The maximum Gasteiger partial charge on any atom is 0.191 e. The average molecular weight is 237 g/mol. The maximum absolute atomic E-state index is 4.47. The van der Waals surface area contributed by atoms with Crippen LogP contribution in [0.15, 0.2) is 4.99 Å². The van der Waals surface area contributed by atoms with Crippen LogP contribution in [0.25, 0.3) is 0 Å². The molecular formula is C14H27N3. The fourth-order valence-corrected chi connectivity index (χ4v) is 3.12. The van der Waals surface area contributed by atoms with Crippen molar-refractivity contribution in [3.05, 3.63) is 0 Å². The van der Waals surface area contributed by atoms with Gasteiger partial charge in [0.15, 0.2) is 5.96 Å². The summed E-state index contributed by atoms with van der Waals surface area (Å²) in [6.45, 7) is 6.02. The van der Waals surface area contributed by atoms with E-state index in [1.165, 1.54) is 38.5 Å². The lowest BCUT2D eigenvalue weighted by Crippen LogP contribution is -2.39. The first-order valence-electron chi connectivity index (χ1n) is 7.40. The van der Waals surface area contributed by atoms with Crippen LogP contribution in [0.4, 0.5) is 0 Å². The Morgan fingerprint density at radius 2 is 1.94 bits per heavy atom. The predicted molar refractivity (Wildman–Crippen MR) is 73.3 cm³/mol. The van der Waals surface area contributed by atoms with E-state index in [0.717, 1.165) is 30.9 Å². The Morgan fingerprint density at radius 1 is 1.18 bits per heavy atom. The molecule has 2 aliphatic rings. The van der Waals surface area contributed by atoms with Crippen molar-refractivity contribution in [2.45, 2.75) is 58.4 Å². The highest BCUT2D eigenvalue weighted by Crippen LogP contribution is 2.44. The topological polar surface area (TPSA) is 36.4 Å². The number of guanidine groups is 1. The third-order valence-electron chi connectivity index (χ3n) is 4.08. The molecule has 0 radical (unpaired) electrons. The maximum atomic E-state index is 4.47. The second-order valence-electron chi connectivity index (χ2n) is 5.40. The highest BCUT2D eigenvalue weighted by atomic mass is 15.2.